The quantitative estimate of drug-likeness (QED) is 0.637. The molecular weight excluding hydrogens is 368 g/mol. The molecule has 160 valence electrons. The number of carbonyl (C=O) groups excluding carboxylic acids is 3. The zero-order valence-corrected chi connectivity index (χ0v) is 17.7. The highest BCUT2D eigenvalue weighted by molar-refractivity contribution is 5.94. The van der Waals surface area contributed by atoms with E-state index in [1.54, 1.807) is 12.1 Å². The smallest absolute Gasteiger partial charge is 0.251 e. The lowest BCUT2D eigenvalue weighted by atomic mass is 10.2. The minimum Gasteiger partial charge on any atom is -0.352 e. The molecule has 0 atom stereocenters. The Labute approximate surface area is 174 Å². The van der Waals surface area contributed by atoms with Crippen molar-refractivity contribution in [2.75, 3.05) is 52.4 Å². The van der Waals surface area contributed by atoms with Gasteiger partial charge in [0.1, 0.15) is 0 Å². The van der Waals surface area contributed by atoms with Gasteiger partial charge in [0.2, 0.25) is 11.8 Å². The molecule has 1 fully saturated rings. The first-order valence-electron chi connectivity index (χ1n) is 10.7. The van der Waals surface area contributed by atoms with E-state index in [1.807, 2.05) is 41.8 Å². The molecule has 0 aliphatic carbocycles. The third-order valence-corrected chi connectivity index (χ3v) is 5.31. The summed E-state index contributed by atoms with van der Waals surface area (Å²) in [5, 5.41) is 2.86. The Morgan fingerprint density at radius 1 is 1.00 bits per heavy atom. The highest BCUT2D eigenvalue weighted by Crippen LogP contribution is 2.07. The minimum absolute atomic E-state index is 0.110. The summed E-state index contributed by atoms with van der Waals surface area (Å²) in [6.07, 6.45) is 1.92. The summed E-state index contributed by atoms with van der Waals surface area (Å²) in [4.78, 5) is 42.7. The van der Waals surface area contributed by atoms with Gasteiger partial charge in [0, 0.05) is 57.8 Å². The molecule has 7 nitrogen and oxygen atoms in total. The molecule has 3 amide bonds. The maximum absolute atomic E-state index is 12.5. The van der Waals surface area contributed by atoms with E-state index in [2.05, 4.69) is 10.2 Å². The van der Waals surface area contributed by atoms with Gasteiger partial charge in [-0.25, -0.2) is 0 Å². The summed E-state index contributed by atoms with van der Waals surface area (Å²) in [6.45, 7) is 9.30. The molecule has 1 heterocycles. The van der Waals surface area contributed by atoms with Crippen molar-refractivity contribution in [3.8, 4) is 0 Å². The van der Waals surface area contributed by atoms with Crippen LogP contribution in [0.3, 0.4) is 0 Å². The molecule has 1 saturated heterocycles. The molecule has 0 bridgehead atoms. The maximum Gasteiger partial charge on any atom is 0.251 e. The largest absolute Gasteiger partial charge is 0.352 e. The molecule has 7 heteroatoms. The molecule has 0 spiro atoms. The number of hydrogen-bond acceptors (Lipinski definition) is 4. The van der Waals surface area contributed by atoms with Crippen LogP contribution in [-0.4, -0.2) is 84.8 Å². The molecule has 1 N–H and O–H groups in total. The van der Waals surface area contributed by atoms with Crippen molar-refractivity contribution in [3.63, 3.8) is 0 Å². The standard InChI is InChI=1S/C22H34N4O3/c1-3-25(4-2)21(28)18-24-14-9-15-26(17-16-24)20(27)12-8-13-23-22(29)19-10-6-5-7-11-19/h5-7,10-11H,3-4,8-9,12-18H2,1-2H3,(H,23,29). The van der Waals surface area contributed by atoms with Crippen LogP contribution in [0, 0.1) is 0 Å². The van der Waals surface area contributed by atoms with E-state index in [0.717, 1.165) is 39.1 Å². The Morgan fingerprint density at radius 3 is 2.41 bits per heavy atom. The Bertz CT molecular complexity index is 661. The second kappa shape index (κ2) is 12.2. The first-order chi connectivity index (χ1) is 14.0. The first kappa shape index (κ1) is 22.9. The second-order valence-corrected chi connectivity index (χ2v) is 7.30. The van der Waals surface area contributed by atoms with E-state index in [1.165, 1.54) is 0 Å². The van der Waals surface area contributed by atoms with Gasteiger partial charge in [-0.05, 0) is 38.8 Å². The van der Waals surface area contributed by atoms with Crippen molar-refractivity contribution >= 4 is 17.7 Å². The first-order valence-corrected chi connectivity index (χ1v) is 10.7. The van der Waals surface area contributed by atoms with Gasteiger partial charge < -0.3 is 15.1 Å². The molecule has 1 aliphatic heterocycles. The van der Waals surface area contributed by atoms with E-state index >= 15 is 0 Å². The predicted molar refractivity (Wildman–Crippen MR) is 114 cm³/mol. The molecule has 1 aromatic carbocycles. The lowest BCUT2D eigenvalue weighted by Crippen LogP contribution is -2.42. The van der Waals surface area contributed by atoms with E-state index in [-0.39, 0.29) is 17.7 Å². The average molecular weight is 403 g/mol. The topological polar surface area (TPSA) is 73.0 Å². The average Bonchev–Trinajstić information content (AvgIpc) is 2.98. The minimum atomic E-state index is -0.110. The zero-order valence-electron chi connectivity index (χ0n) is 17.7. The van der Waals surface area contributed by atoms with Crippen LogP contribution in [0.25, 0.3) is 0 Å². The van der Waals surface area contributed by atoms with Crippen LogP contribution in [0.15, 0.2) is 30.3 Å². The molecule has 0 aromatic heterocycles. The fourth-order valence-corrected chi connectivity index (χ4v) is 3.54. The fraction of sp³-hybridized carbons (Fsp3) is 0.591. The van der Waals surface area contributed by atoms with Gasteiger partial charge >= 0.3 is 0 Å². The Hall–Kier alpha value is -2.41. The van der Waals surface area contributed by atoms with Gasteiger partial charge in [-0.15, -0.1) is 0 Å². The third kappa shape index (κ3) is 7.49. The predicted octanol–water partition coefficient (Wildman–Crippen LogP) is 1.60. The summed E-state index contributed by atoms with van der Waals surface area (Å²) < 4.78 is 0. The summed E-state index contributed by atoms with van der Waals surface area (Å²) in [6, 6.07) is 9.08. The Balaban J connectivity index is 1.68. The van der Waals surface area contributed by atoms with Crippen molar-refractivity contribution in [1.29, 1.82) is 0 Å². The highest BCUT2D eigenvalue weighted by Gasteiger charge is 2.21. The van der Waals surface area contributed by atoms with E-state index in [4.69, 9.17) is 0 Å². The second-order valence-electron chi connectivity index (χ2n) is 7.30. The number of nitrogens with one attached hydrogen (secondary N) is 1. The van der Waals surface area contributed by atoms with Crippen LogP contribution in [0.1, 0.15) is 43.5 Å². The molecule has 2 rings (SSSR count). The monoisotopic (exact) mass is 402 g/mol. The number of nitrogens with zero attached hydrogens (tertiary/aromatic N) is 3. The lowest BCUT2D eigenvalue weighted by Gasteiger charge is -2.25. The normalized spacial score (nSPS) is 14.9. The number of benzene rings is 1. The summed E-state index contributed by atoms with van der Waals surface area (Å²) in [7, 11) is 0. The van der Waals surface area contributed by atoms with Gasteiger partial charge in [0.25, 0.3) is 5.91 Å². The van der Waals surface area contributed by atoms with Gasteiger partial charge in [-0.3, -0.25) is 19.3 Å². The summed E-state index contributed by atoms with van der Waals surface area (Å²) >= 11 is 0. The zero-order chi connectivity index (χ0) is 21.1. The molecular formula is C22H34N4O3. The lowest BCUT2D eigenvalue weighted by molar-refractivity contribution is -0.132. The Kier molecular flexibility index (Phi) is 9.64. The molecule has 0 unspecified atom stereocenters. The van der Waals surface area contributed by atoms with Crippen LogP contribution in [-0.2, 0) is 9.59 Å². The third-order valence-electron chi connectivity index (χ3n) is 5.31. The number of hydrogen-bond donors (Lipinski definition) is 1. The molecule has 29 heavy (non-hydrogen) atoms. The maximum atomic E-state index is 12.5. The van der Waals surface area contributed by atoms with Crippen molar-refractivity contribution in [1.82, 2.24) is 20.0 Å². The van der Waals surface area contributed by atoms with Crippen LogP contribution >= 0.6 is 0 Å². The van der Waals surface area contributed by atoms with Crippen LogP contribution < -0.4 is 5.32 Å². The van der Waals surface area contributed by atoms with Gasteiger partial charge in [-0.1, -0.05) is 18.2 Å². The van der Waals surface area contributed by atoms with Gasteiger partial charge in [-0.2, -0.15) is 0 Å². The highest BCUT2D eigenvalue weighted by atomic mass is 16.2. The van der Waals surface area contributed by atoms with Crippen LogP contribution in [0.5, 0.6) is 0 Å². The summed E-state index contributed by atoms with van der Waals surface area (Å²) in [5.41, 5.74) is 0.630. The Morgan fingerprint density at radius 2 is 1.72 bits per heavy atom. The number of likely N-dealkylation sites (N-methyl/N-ethyl adjacent to an activating group) is 1. The fourth-order valence-electron chi connectivity index (χ4n) is 3.54. The van der Waals surface area contributed by atoms with Gasteiger partial charge in [0.15, 0.2) is 0 Å². The molecule has 0 radical (unpaired) electrons. The van der Waals surface area contributed by atoms with Crippen molar-refractivity contribution < 1.29 is 14.4 Å². The molecule has 1 aliphatic rings. The van der Waals surface area contributed by atoms with Crippen molar-refractivity contribution in [3.05, 3.63) is 35.9 Å². The number of rotatable bonds is 9. The number of carbonyl (C=O) groups is 3. The SMILES string of the molecule is CCN(CC)C(=O)CN1CCCN(C(=O)CCCNC(=O)c2ccccc2)CC1. The number of amides is 3. The summed E-state index contributed by atoms with van der Waals surface area (Å²) in [5.74, 6) is 0.168. The van der Waals surface area contributed by atoms with Gasteiger partial charge in [0.05, 0.1) is 6.54 Å². The van der Waals surface area contributed by atoms with E-state index < -0.39 is 0 Å². The molecule has 1 aromatic rings. The van der Waals surface area contributed by atoms with Crippen LogP contribution in [0.2, 0.25) is 0 Å². The van der Waals surface area contributed by atoms with E-state index in [9.17, 15) is 14.4 Å². The van der Waals surface area contributed by atoms with Crippen LogP contribution in [0.4, 0.5) is 0 Å². The van der Waals surface area contributed by atoms with Crippen molar-refractivity contribution in [2.45, 2.75) is 33.1 Å². The van der Waals surface area contributed by atoms with Crippen molar-refractivity contribution in [2.24, 2.45) is 0 Å². The van der Waals surface area contributed by atoms with E-state index in [0.29, 0.717) is 38.0 Å². The molecule has 0 saturated carbocycles.